The largest absolute Gasteiger partial charge is 0.332 e. The third kappa shape index (κ3) is 3.98. The van der Waals surface area contributed by atoms with Crippen LogP contribution in [0.3, 0.4) is 0 Å². The number of nitrogens with zero attached hydrogens (tertiary/aromatic N) is 3. The van der Waals surface area contributed by atoms with E-state index in [-0.39, 0.29) is 24.3 Å². The summed E-state index contributed by atoms with van der Waals surface area (Å²) in [7, 11) is 0. The first-order valence-corrected chi connectivity index (χ1v) is 10.4. The minimum atomic E-state index is -0.209. The summed E-state index contributed by atoms with van der Waals surface area (Å²) >= 11 is 9.47. The molecular weight excluding hydrogens is 442 g/mol. The van der Waals surface area contributed by atoms with Gasteiger partial charge in [-0.05, 0) is 36.2 Å². The maximum absolute atomic E-state index is 12.9. The van der Waals surface area contributed by atoms with Crippen molar-refractivity contribution in [1.29, 1.82) is 0 Å². The fourth-order valence-electron chi connectivity index (χ4n) is 3.67. The summed E-state index contributed by atoms with van der Waals surface area (Å²) in [5, 5.41) is 6.72. The lowest BCUT2D eigenvalue weighted by molar-refractivity contribution is -0.133. The Morgan fingerprint density at radius 3 is 2.68 bits per heavy atom. The molecule has 5 nitrogen and oxygen atoms in total. The van der Waals surface area contributed by atoms with Crippen molar-refractivity contribution in [3.05, 3.63) is 69.2 Å². The van der Waals surface area contributed by atoms with E-state index in [4.69, 9.17) is 11.6 Å². The lowest BCUT2D eigenvalue weighted by atomic mass is 10.0. The Labute approximate surface area is 177 Å². The Hall–Kier alpha value is -2.18. The SMILES string of the molecule is O=C(Cc1cccc(Cl)c1)N1CC(N2CCCC2=O)C(c2ccc(Br)cc2)=N1. The molecule has 0 aromatic heterocycles. The molecular formula is C21H19BrClN3O2. The summed E-state index contributed by atoms with van der Waals surface area (Å²) in [6.07, 6.45) is 1.62. The highest BCUT2D eigenvalue weighted by Gasteiger charge is 2.38. The van der Waals surface area contributed by atoms with Crippen molar-refractivity contribution in [3.8, 4) is 0 Å². The Bertz CT molecular complexity index is 945. The maximum atomic E-state index is 12.9. The van der Waals surface area contributed by atoms with Crippen LogP contribution in [0.5, 0.6) is 0 Å². The minimum absolute atomic E-state index is 0.106. The van der Waals surface area contributed by atoms with Gasteiger partial charge in [0.15, 0.2) is 0 Å². The third-order valence-electron chi connectivity index (χ3n) is 5.05. The van der Waals surface area contributed by atoms with Crippen LogP contribution in [0.15, 0.2) is 58.1 Å². The van der Waals surface area contributed by atoms with Crippen LogP contribution in [0.4, 0.5) is 0 Å². The van der Waals surface area contributed by atoms with E-state index in [1.165, 1.54) is 5.01 Å². The first kappa shape index (κ1) is 19.2. The highest BCUT2D eigenvalue weighted by atomic mass is 79.9. The van der Waals surface area contributed by atoms with Crippen molar-refractivity contribution in [2.24, 2.45) is 5.10 Å². The van der Waals surface area contributed by atoms with Crippen LogP contribution >= 0.6 is 27.5 Å². The molecule has 2 heterocycles. The number of hydrogen-bond acceptors (Lipinski definition) is 3. The van der Waals surface area contributed by atoms with E-state index in [1.807, 2.05) is 41.3 Å². The summed E-state index contributed by atoms with van der Waals surface area (Å²) < 4.78 is 0.970. The molecule has 4 rings (SSSR count). The van der Waals surface area contributed by atoms with E-state index in [9.17, 15) is 9.59 Å². The second-order valence-electron chi connectivity index (χ2n) is 6.98. The summed E-state index contributed by atoms with van der Waals surface area (Å²) in [4.78, 5) is 27.1. The average Bonchev–Trinajstić information content (AvgIpc) is 3.28. The number of hydrogen-bond donors (Lipinski definition) is 0. The Kier molecular flexibility index (Phi) is 5.51. The van der Waals surface area contributed by atoms with Crippen LogP contribution in [0.25, 0.3) is 0 Å². The van der Waals surface area contributed by atoms with Crippen molar-refractivity contribution >= 4 is 45.1 Å². The molecule has 2 aromatic rings. The number of halogens is 2. The van der Waals surface area contributed by atoms with Crippen LogP contribution in [-0.2, 0) is 16.0 Å². The fraction of sp³-hybridized carbons (Fsp3) is 0.286. The van der Waals surface area contributed by atoms with Gasteiger partial charge in [0, 0.05) is 28.0 Å². The van der Waals surface area contributed by atoms with Gasteiger partial charge in [-0.2, -0.15) is 5.10 Å². The monoisotopic (exact) mass is 459 g/mol. The number of likely N-dealkylation sites (tertiary alicyclic amines) is 1. The molecule has 1 saturated heterocycles. The molecule has 0 radical (unpaired) electrons. The van der Waals surface area contributed by atoms with Gasteiger partial charge in [0.1, 0.15) is 0 Å². The van der Waals surface area contributed by atoms with Gasteiger partial charge in [-0.15, -0.1) is 0 Å². The number of amides is 2. The van der Waals surface area contributed by atoms with Gasteiger partial charge >= 0.3 is 0 Å². The maximum Gasteiger partial charge on any atom is 0.247 e. The lowest BCUT2D eigenvalue weighted by Gasteiger charge is -2.25. The van der Waals surface area contributed by atoms with E-state index in [0.29, 0.717) is 24.5 Å². The van der Waals surface area contributed by atoms with Gasteiger partial charge in [0.25, 0.3) is 0 Å². The van der Waals surface area contributed by atoms with E-state index in [2.05, 4.69) is 21.0 Å². The van der Waals surface area contributed by atoms with Crippen LogP contribution < -0.4 is 0 Å². The topological polar surface area (TPSA) is 53.0 Å². The normalized spacial score (nSPS) is 19.3. The fourth-order valence-corrected chi connectivity index (χ4v) is 4.15. The van der Waals surface area contributed by atoms with Gasteiger partial charge < -0.3 is 4.90 Å². The van der Waals surface area contributed by atoms with E-state index >= 15 is 0 Å². The molecule has 28 heavy (non-hydrogen) atoms. The number of benzene rings is 2. The van der Waals surface area contributed by atoms with Gasteiger partial charge in [-0.1, -0.05) is 51.8 Å². The standard InChI is InChI=1S/C21H19BrClN3O2/c22-16-8-6-15(7-9-16)21-18(25-10-2-5-19(25)27)13-26(24-21)20(28)12-14-3-1-4-17(23)11-14/h1,3-4,6-9,11,18H,2,5,10,12-13H2. The Morgan fingerprint density at radius 2 is 2.00 bits per heavy atom. The molecule has 7 heteroatoms. The number of hydrazone groups is 1. The van der Waals surface area contributed by atoms with Crippen molar-refractivity contribution in [2.45, 2.75) is 25.3 Å². The van der Waals surface area contributed by atoms with E-state index in [1.54, 1.807) is 12.1 Å². The molecule has 2 amide bonds. The van der Waals surface area contributed by atoms with Gasteiger partial charge in [0.05, 0.1) is 24.7 Å². The van der Waals surface area contributed by atoms with Gasteiger partial charge in [0.2, 0.25) is 11.8 Å². The Balaban J connectivity index is 1.60. The summed E-state index contributed by atoms with van der Waals surface area (Å²) in [5.74, 6) is 0.0185. The predicted octanol–water partition coefficient (Wildman–Crippen LogP) is 3.88. The molecule has 2 aliphatic rings. The molecule has 2 aliphatic heterocycles. The van der Waals surface area contributed by atoms with E-state index in [0.717, 1.165) is 27.7 Å². The van der Waals surface area contributed by atoms with Crippen molar-refractivity contribution in [2.75, 3.05) is 13.1 Å². The molecule has 144 valence electrons. The zero-order valence-electron chi connectivity index (χ0n) is 15.1. The van der Waals surface area contributed by atoms with Crippen LogP contribution in [0.1, 0.15) is 24.0 Å². The lowest BCUT2D eigenvalue weighted by Crippen LogP contribution is -2.44. The molecule has 0 aliphatic carbocycles. The van der Waals surface area contributed by atoms with Crippen molar-refractivity contribution in [1.82, 2.24) is 9.91 Å². The van der Waals surface area contributed by atoms with Crippen molar-refractivity contribution in [3.63, 3.8) is 0 Å². The first-order valence-electron chi connectivity index (χ1n) is 9.20. The summed E-state index contributed by atoms with van der Waals surface area (Å²) in [5.41, 5.74) is 2.53. The number of carbonyl (C=O) groups excluding carboxylic acids is 2. The van der Waals surface area contributed by atoms with E-state index < -0.39 is 0 Å². The highest BCUT2D eigenvalue weighted by molar-refractivity contribution is 9.10. The second kappa shape index (κ2) is 8.05. The van der Waals surface area contributed by atoms with Gasteiger partial charge in [-0.25, -0.2) is 5.01 Å². The number of rotatable bonds is 4. The molecule has 1 atom stereocenters. The van der Waals surface area contributed by atoms with Crippen molar-refractivity contribution < 1.29 is 9.59 Å². The van der Waals surface area contributed by atoms with Crippen LogP contribution in [-0.4, -0.2) is 46.6 Å². The van der Waals surface area contributed by atoms with Crippen LogP contribution in [0.2, 0.25) is 5.02 Å². The average molecular weight is 461 g/mol. The van der Waals surface area contributed by atoms with Crippen LogP contribution in [0, 0.1) is 0 Å². The molecule has 0 N–H and O–H groups in total. The first-order chi connectivity index (χ1) is 13.5. The zero-order valence-corrected chi connectivity index (χ0v) is 17.5. The molecule has 2 aromatic carbocycles. The number of carbonyl (C=O) groups is 2. The zero-order chi connectivity index (χ0) is 19.7. The summed E-state index contributed by atoms with van der Waals surface area (Å²) in [6.45, 7) is 1.09. The predicted molar refractivity (Wildman–Crippen MR) is 112 cm³/mol. The quantitative estimate of drug-likeness (QED) is 0.695. The molecule has 0 bridgehead atoms. The minimum Gasteiger partial charge on any atom is -0.332 e. The third-order valence-corrected chi connectivity index (χ3v) is 5.81. The van der Waals surface area contributed by atoms with Gasteiger partial charge in [-0.3, -0.25) is 9.59 Å². The Morgan fingerprint density at radius 1 is 1.21 bits per heavy atom. The summed E-state index contributed by atoms with van der Waals surface area (Å²) in [6, 6.07) is 14.9. The molecule has 1 fully saturated rings. The second-order valence-corrected chi connectivity index (χ2v) is 8.33. The molecule has 1 unspecified atom stereocenters. The highest BCUT2D eigenvalue weighted by Crippen LogP contribution is 2.25. The molecule has 0 spiro atoms. The smallest absolute Gasteiger partial charge is 0.247 e. The molecule has 0 saturated carbocycles.